The van der Waals surface area contributed by atoms with E-state index in [4.69, 9.17) is 0 Å². The molecule has 0 saturated carbocycles. The summed E-state index contributed by atoms with van der Waals surface area (Å²) in [5, 5.41) is 10.1. The molecule has 0 aliphatic carbocycles. The van der Waals surface area contributed by atoms with Crippen LogP contribution in [-0.2, 0) is 19.5 Å². The predicted octanol–water partition coefficient (Wildman–Crippen LogP) is 6.52. The van der Waals surface area contributed by atoms with Crippen LogP contribution in [0.5, 0.6) is 0 Å². The van der Waals surface area contributed by atoms with E-state index in [1.54, 1.807) is 18.3 Å². The van der Waals surface area contributed by atoms with Crippen LogP contribution >= 0.6 is 0 Å². The van der Waals surface area contributed by atoms with Crippen LogP contribution in [0.3, 0.4) is 0 Å². The molecule has 0 aliphatic heterocycles. The SMILES string of the molecule is COC(F)c1ccc(C(F)OC)c(S(=O)(=O)Nc2cccc(-c3[nH]ncc3-c3ccnc(NC(C)(C)C)c3)c2F)c1. The Kier molecular flexibility index (Phi) is 8.71. The summed E-state index contributed by atoms with van der Waals surface area (Å²) in [6, 6.07) is 10.8. The van der Waals surface area contributed by atoms with Gasteiger partial charge in [0.05, 0.1) is 22.5 Å². The average Bonchev–Trinajstić information content (AvgIpc) is 3.42. The van der Waals surface area contributed by atoms with Gasteiger partial charge < -0.3 is 14.8 Å². The summed E-state index contributed by atoms with van der Waals surface area (Å²) >= 11 is 0. The van der Waals surface area contributed by atoms with Gasteiger partial charge in [0.1, 0.15) is 5.82 Å². The van der Waals surface area contributed by atoms with Gasteiger partial charge in [-0.2, -0.15) is 5.10 Å². The third kappa shape index (κ3) is 6.69. The monoisotopic (exact) mass is 589 g/mol. The van der Waals surface area contributed by atoms with Crippen LogP contribution < -0.4 is 10.0 Å². The third-order valence-corrected chi connectivity index (χ3v) is 7.39. The lowest BCUT2D eigenvalue weighted by atomic mass is 10.0. The van der Waals surface area contributed by atoms with Crippen molar-refractivity contribution in [1.29, 1.82) is 0 Å². The number of methoxy groups -OCH3 is 2. The number of aromatic amines is 1. The first-order chi connectivity index (χ1) is 19.3. The Morgan fingerprint density at radius 3 is 2.39 bits per heavy atom. The summed E-state index contributed by atoms with van der Waals surface area (Å²) in [7, 11) is -2.49. The summed E-state index contributed by atoms with van der Waals surface area (Å²) in [5.41, 5.74) is 0.329. The normalized spacial score (nSPS) is 13.6. The highest BCUT2D eigenvalue weighted by Gasteiger charge is 2.27. The summed E-state index contributed by atoms with van der Waals surface area (Å²) in [4.78, 5) is 3.69. The van der Waals surface area contributed by atoms with Crippen molar-refractivity contribution >= 4 is 21.5 Å². The molecule has 3 N–H and O–H groups in total. The van der Waals surface area contributed by atoms with Gasteiger partial charge in [0.2, 0.25) is 12.7 Å². The molecule has 9 nitrogen and oxygen atoms in total. The molecule has 2 aromatic heterocycles. The van der Waals surface area contributed by atoms with Crippen LogP contribution in [0, 0.1) is 5.82 Å². The molecule has 0 radical (unpaired) electrons. The van der Waals surface area contributed by atoms with Gasteiger partial charge in [-0.05, 0) is 56.7 Å². The minimum Gasteiger partial charge on any atom is -0.365 e. The van der Waals surface area contributed by atoms with Crippen molar-refractivity contribution in [3.8, 4) is 22.4 Å². The van der Waals surface area contributed by atoms with Gasteiger partial charge in [0, 0.05) is 48.2 Å². The first-order valence-electron chi connectivity index (χ1n) is 12.4. The summed E-state index contributed by atoms with van der Waals surface area (Å²) in [5.74, 6) is -0.307. The Balaban J connectivity index is 1.74. The van der Waals surface area contributed by atoms with Crippen molar-refractivity contribution < 1.29 is 31.1 Å². The van der Waals surface area contributed by atoms with Gasteiger partial charge in [-0.3, -0.25) is 9.82 Å². The van der Waals surface area contributed by atoms with Gasteiger partial charge in [-0.1, -0.05) is 18.2 Å². The molecule has 0 fully saturated rings. The van der Waals surface area contributed by atoms with E-state index in [-0.39, 0.29) is 16.7 Å². The molecule has 4 aromatic rings. The van der Waals surface area contributed by atoms with E-state index in [0.717, 1.165) is 26.4 Å². The molecule has 0 aliphatic rings. The molecule has 0 bridgehead atoms. The number of nitrogens with zero attached hydrogens (tertiary/aromatic N) is 2. The first kappa shape index (κ1) is 30.0. The number of halogens is 3. The van der Waals surface area contributed by atoms with Crippen molar-refractivity contribution in [2.75, 3.05) is 24.3 Å². The lowest BCUT2D eigenvalue weighted by Gasteiger charge is -2.21. The second-order valence-electron chi connectivity index (χ2n) is 10.1. The number of alkyl halides is 2. The summed E-state index contributed by atoms with van der Waals surface area (Å²) < 4.78 is 82.8. The molecule has 41 heavy (non-hydrogen) atoms. The van der Waals surface area contributed by atoms with E-state index < -0.39 is 44.7 Å². The van der Waals surface area contributed by atoms with Crippen molar-refractivity contribution in [3.63, 3.8) is 0 Å². The molecular weight excluding hydrogens is 559 g/mol. The zero-order chi connectivity index (χ0) is 29.9. The largest absolute Gasteiger partial charge is 0.365 e. The highest BCUT2D eigenvalue weighted by atomic mass is 32.2. The molecular formula is C28H30F3N5O4S. The number of nitrogens with one attached hydrogen (secondary N) is 3. The number of rotatable bonds is 10. The fourth-order valence-electron chi connectivity index (χ4n) is 4.14. The van der Waals surface area contributed by atoms with Gasteiger partial charge in [0.25, 0.3) is 10.0 Å². The number of sulfonamides is 1. The third-order valence-electron chi connectivity index (χ3n) is 5.97. The van der Waals surface area contributed by atoms with Crippen molar-refractivity contribution in [2.24, 2.45) is 0 Å². The van der Waals surface area contributed by atoms with E-state index in [0.29, 0.717) is 22.6 Å². The maximum absolute atomic E-state index is 15.9. The fourth-order valence-corrected chi connectivity index (χ4v) is 5.46. The molecule has 0 saturated heterocycles. The molecule has 4 rings (SSSR count). The molecule has 2 unspecified atom stereocenters. The van der Waals surface area contributed by atoms with Gasteiger partial charge in [-0.25, -0.2) is 26.6 Å². The lowest BCUT2D eigenvalue weighted by Crippen LogP contribution is -2.26. The summed E-state index contributed by atoms with van der Waals surface area (Å²) in [6.07, 6.45) is -0.978. The Morgan fingerprint density at radius 2 is 1.71 bits per heavy atom. The smallest absolute Gasteiger partial charge is 0.262 e. The van der Waals surface area contributed by atoms with E-state index in [1.165, 1.54) is 30.5 Å². The quantitative estimate of drug-likeness (QED) is 0.193. The number of hydrogen-bond acceptors (Lipinski definition) is 7. The number of H-pyrrole nitrogens is 1. The minimum atomic E-state index is -4.63. The number of aromatic nitrogens is 3. The second kappa shape index (κ2) is 11.9. The average molecular weight is 590 g/mol. The number of benzene rings is 2. The molecule has 0 amide bonds. The van der Waals surface area contributed by atoms with Crippen molar-refractivity contribution in [2.45, 2.75) is 43.9 Å². The molecule has 2 atom stereocenters. The Bertz CT molecular complexity index is 1640. The van der Waals surface area contributed by atoms with Crippen LogP contribution in [-0.4, -0.2) is 43.4 Å². The second-order valence-corrected chi connectivity index (χ2v) is 11.8. The van der Waals surface area contributed by atoms with Gasteiger partial charge in [-0.15, -0.1) is 0 Å². The maximum Gasteiger partial charge on any atom is 0.262 e. The van der Waals surface area contributed by atoms with Gasteiger partial charge in [0.15, 0.2) is 5.82 Å². The summed E-state index contributed by atoms with van der Waals surface area (Å²) in [6.45, 7) is 5.97. The van der Waals surface area contributed by atoms with Crippen molar-refractivity contribution in [1.82, 2.24) is 15.2 Å². The van der Waals surface area contributed by atoms with Crippen LogP contribution in [0.1, 0.15) is 44.6 Å². The number of ether oxygens (including phenoxy) is 2. The first-order valence-corrected chi connectivity index (χ1v) is 13.9. The van der Waals surface area contributed by atoms with Gasteiger partial charge >= 0.3 is 0 Å². The standard InChI is InChI=1S/C28H30F3N5O4S/c1-28(2,3)34-23-14-16(11-12-32-23)20-15-33-35-25(20)19-7-6-8-21(24(19)29)36-41(37,38)22-13-17(26(30)39-4)9-10-18(22)27(31)40-5/h6-15,26-27,36H,1-5H3,(H,32,34)(H,33,35). The van der Waals surface area contributed by atoms with Crippen LogP contribution in [0.2, 0.25) is 0 Å². The molecule has 13 heteroatoms. The Morgan fingerprint density at radius 1 is 0.976 bits per heavy atom. The van der Waals surface area contributed by atoms with E-state index >= 15 is 4.39 Å². The number of pyridine rings is 1. The minimum absolute atomic E-state index is 0.0253. The highest BCUT2D eigenvalue weighted by Crippen LogP contribution is 2.36. The predicted molar refractivity (Wildman–Crippen MR) is 150 cm³/mol. The van der Waals surface area contributed by atoms with Crippen LogP contribution in [0.15, 0.2) is 65.8 Å². The fraction of sp³-hybridized carbons (Fsp3) is 0.286. The molecule has 218 valence electrons. The Hall–Kier alpha value is -3.94. The molecule has 2 aromatic carbocycles. The lowest BCUT2D eigenvalue weighted by molar-refractivity contribution is -0.0113. The van der Waals surface area contributed by atoms with E-state index in [9.17, 15) is 17.2 Å². The van der Waals surface area contributed by atoms with Crippen LogP contribution in [0.4, 0.5) is 24.7 Å². The van der Waals surface area contributed by atoms with E-state index in [1.807, 2.05) is 20.8 Å². The van der Waals surface area contributed by atoms with E-state index in [2.05, 4.69) is 34.7 Å². The number of hydrogen-bond donors (Lipinski definition) is 3. The molecule has 2 heterocycles. The van der Waals surface area contributed by atoms with Crippen LogP contribution in [0.25, 0.3) is 22.4 Å². The topological polar surface area (TPSA) is 118 Å². The zero-order valence-electron chi connectivity index (χ0n) is 23.0. The number of anilines is 2. The maximum atomic E-state index is 15.9. The molecule has 0 spiro atoms. The Labute approximate surface area is 236 Å². The highest BCUT2D eigenvalue weighted by molar-refractivity contribution is 7.92. The van der Waals surface area contributed by atoms with Crippen molar-refractivity contribution in [3.05, 3.63) is 77.9 Å². The zero-order valence-corrected chi connectivity index (χ0v) is 23.8.